The highest BCUT2D eigenvalue weighted by atomic mass is 16.2. The summed E-state index contributed by atoms with van der Waals surface area (Å²) in [5.41, 5.74) is 5.54. The lowest BCUT2D eigenvalue weighted by Crippen LogP contribution is -2.32. The van der Waals surface area contributed by atoms with Crippen molar-refractivity contribution in [3.63, 3.8) is 0 Å². The van der Waals surface area contributed by atoms with Crippen LogP contribution in [0.25, 0.3) is 5.69 Å². The van der Waals surface area contributed by atoms with E-state index in [1.165, 1.54) is 0 Å². The van der Waals surface area contributed by atoms with Crippen molar-refractivity contribution in [3.05, 3.63) is 101 Å². The molecule has 0 bridgehead atoms. The zero-order chi connectivity index (χ0) is 22.9. The normalized spacial score (nSPS) is 12.5. The third-order valence-corrected chi connectivity index (χ3v) is 6.09. The monoisotopic (exact) mass is 437 g/mol. The summed E-state index contributed by atoms with van der Waals surface area (Å²) < 4.78 is 1.93. The lowest BCUT2D eigenvalue weighted by Gasteiger charge is -2.23. The first-order chi connectivity index (χ1) is 16.0. The van der Waals surface area contributed by atoms with Gasteiger partial charge in [0, 0.05) is 29.8 Å². The van der Waals surface area contributed by atoms with Crippen molar-refractivity contribution in [1.29, 1.82) is 0 Å². The van der Waals surface area contributed by atoms with Crippen LogP contribution in [0.15, 0.2) is 73.1 Å². The van der Waals surface area contributed by atoms with Crippen LogP contribution >= 0.6 is 0 Å². The average molecular weight is 438 g/mol. The van der Waals surface area contributed by atoms with Crippen LogP contribution in [0.5, 0.6) is 0 Å². The molecule has 1 N–H and O–H groups in total. The van der Waals surface area contributed by atoms with E-state index >= 15 is 0 Å². The average Bonchev–Trinajstić information content (AvgIpc) is 3.24. The molecule has 0 unspecified atom stereocenters. The number of anilines is 2. The molecule has 0 fully saturated rings. The van der Waals surface area contributed by atoms with Gasteiger partial charge in [0.2, 0.25) is 0 Å². The Hall–Kier alpha value is -4.26. The van der Waals surface area contributed by atoms with Crippen molar-refractivity contribution in [3.8, 4) is 5.69 Å². The molecule has 0 spiro atoms. The molecule has 0 saturated carbocycles. The zero-order valence-electron chi connectivity index (χ0n) is 18.4. The third-order valence-electron chi connectivity index (χ3n) is 6.09. The molecule has 5 rings (SSSR count). The standard InChI is InChI=1S/C26H23N5O2/c1-17-6-5-7-21(18(17)2)25(32)28-20-12-10-19(11-13-20)26(33)30-15-14-24-29-27-16-31(24)23-9-4-3-8-22(23)30/h3-13,16H,14-15H2,1-2H3,(H,28,32). The Bertz CT molecular complexity index is 1360. The molecule has 2 heterocycles. The number of nitrogens with zero attached hydrogens (tertiary/aromatic N) is 4. The van der Waals surface area contributed by atoms with Crippen molar-refractivity contribution < 1.29 is 9.59 Å². The highest BCUT2D eigenvalue weighted by Gasteiger charge is 2.25. The fourth-order valence-corrected chi connectivity index (χ4v) is 4.12. The Labute approximate surface area is 191 Å². The molecule has 1 aromatic heterocycles. The molecule has 7 nitrogen and oxygen atoms in total. The smallest absolute Gasteiger partial charge is 0.258 e. The Kier molecular flexibility index (Phi) is 5.22. The Morgan fingerprint density at radius 1 is 0.909 bits per heavy atom. The van der Waals surface area contributed by atoms with Crippen LogP contribution in [0.1, 0.15) is 37.7 Å². The molecule has 1 aliphatic heterocycles. The fourth-order valence-electron chi connectivity index (χ4n) is 4.12. The van der Waals surface area contributed by atoms with Crippen molar-refractivity contribution in [2.75, 3.05) is 16.8 Å². The van der Waals surface area contributed by atoms with Gasteiger partial charge in [0.25, 0.3) is 11.8 Å². The van der Waals surface area contributed by atoms with Crippen molar-refractivity contribution in [2.45, 2.75) is 20.3 Å². The summed E-state index contributed by atoms with van der Waals surface area (Å²) in [5.74, 6) is 0.551. The van der Waals surface area contributed by atoms with E-state index < -0.39 is 0 Å². The van der Waals surface area contributed by atoms with E-state index in [-0.39, 0.29) is 11.8 Å². The molecule has 164 valence electrons. The summed E-state index contributed by atoms with van der Waals surface area (Å²) in [6.45, 7) is 4.42. The van der Waals surface area contributed by atoms with Gasteiger partial charge in [-0.25, -0.2) is 0 Å². The highest BCUT2D eigenvalue weighted by molar-refractivity contribution is 6.08. The number of fused-ring (bicyclic) bond motifs is 3. The molecule has 33 heavy (non-hydrogen) atoms. The second-order valence-electron chi connectivity index (χ2n) is 8.09. The number of aromatic nitrogens is 3. The maximum Gasteiger partial charge on any atom is 0.258 e. The molecular formula is C26H23N5O2. The summed E-state index contributed by atoms with van der Waals surface area (Å²) in [5, 5.41) is 11.1. The zero-order valence-corrected chi connectivity index (χ0v) is 18.4. The number of para-hydroxylation sites is 2. The highest BCUT2D eigenvalue weighted by Crippen LogP contribution is 2.29. The Balaban J connectivity index is 1.37. The van der Waals surface area contributed by atoms with Gasteiger partial charge in [-0.3, -0.25) is 14.2 Å². The minimum atomic E-state index is -0.167. The van der Waals surface area contributed by atoms with E-state index in [2.05, 4.69) is 15.5 Å². The number of hydrogen-bond donors (Lipinski definition) is 1. The predicted molar refractivity (Wildman–Crippen MR) is 127 cm³/mol. The molecule has 1 aliphatic rings. The fraction of sp³-hybridized carbons (Fsp3) is 0.154. The second-order valence-corrected chi connectivity index (χ2v) is 8.09. The summed E-state index contributed by atoms with van der Waals surface area (Å²) in [4.78, 5) is 27.9. The molecule has 2 amide bonds. The summed E-state index contributed by atoms with van der Waals surface area (Å²) >= 11 is 0. The number of nitrogens with one attached hydrogen (secondary N) is 1. The first-order valence-corrected chi connectivity index (χ1v) is 10.8. The molecule has 0 aliphatic carbocycles. The van der Waals surface area contributed by atoms with E-state index in [0.717, 1.165) is 28.3 Å². The lowest BCUT2D eigenvalue weighted by atomic mass is 10.0. The number of amides is 2. The molecule has 7 heteroatoms. The van der Waals surface area contributed by atoms with Crippen LogP contribution in [0.3, 0.4) is 0 Å². The van der Waals surface area contributed by atoms with Gasteiger partial charge in [0.05, 0.1) is 11.4 Å². The first-order valence-electron chi connectivity index (χ1n) is 10.8. The molecule has 3 aromatic carbocycles. The predicted octanol–water partition coefficient (Wildman–Crippen LogP) is 4.34. The summed E-state index contributed by atoms with van der Waals surface area (Å²) in [6.07, 6.45) is 2.28. The van der Waals surface area contributed by atoms with Crippen molar-refractivity contribution >= 4 is 23.2 Å². The molecule has 0 atom stereocenters. The van der Waals surface area contributed by atoms with Crippen LogP contribution in [-0.2, 0) is 6.42 Å². The second kappa shape index (κ2) is 8.35. The van der Waals surface area contributed by atoms with Crippen LogP contribution < -0.4 is 10.2 Å². The maximum absolute atomic E-state index is 13.4. The lowest BCUT2D eigenvalue weighted by molar-refractivity contribution is 0.0986. The largest absolute Gasteiger partial charge is 0.322 e. The van der Waals surface area contributed by atoms with Gasteiger partial charge in [-0.05, 0) is 67.4 Å². The molecule has 4 aromatic rings. The quantitative estimate of drug-likeness (QED) is 0.517. The Morgan fingerprint density at radius 3 is 2.45 bits per heavy atom. The van der Waals surface area contributed by atoms with Gasteiger partial charge in [-0.2, -0.15) is 0 Å². The van der Waals surface area contributed by atoms with Crippen molar-refractivity contribution in [1.82, 2.24) is 14.8 Å². The first kappa shape index (κ1) is 20.6. The number of hydrogen-bond acceptors (Lipinski definition) is 4. The van der Waals surface area contributed by atoms with E-state index in [1.807, 2.05) is 60.9 Å². The van der Waals surface area contributed by atoms with Gasteiger partial charge in [-0.15, -0.1) is 10.2 Å². The van der Waals surface area contributed by atoms with E-state index in [0.29, 0.717) is 29.8 Å². The third kappa shape index (κ3) is 3.78. The van der Waals surface area contributed by atoms with Crippen LogP contribution in [0.2, 0.25) is 0 Å². The SMILES string of the molecule is Cc1cccc(C(=O)Nc2ccc(C(=O)N3CCc4nncn4-c4ccccc43)cc2)c1C. The summed E-state index contributed by atoms with van der Waals surface area (Å²) in [6, 6.07) is 20.4. The van der Waals surface area contributed by atoms with Gasteiger partial charge >= 0.3 is 0 Å². The van der Waals surface area contributed by atoms with Crippen LogP contribution in [0, 0.1) is 13.8 Å². The minimum absolute atomic E-state index is 0.103. The Morgan fingerprint density at radius 2 is 1.67 bits per heavy atom. The maximum atomic E-state index is 13.4. The number of carbonyl (C=O) groups is 2. The van der Waals surface area contributed by atoms with Crippen molar-refractivity contribution in [2.24, 2.45) is 0 Å². The number of aryl methyl sites for hydroxylation is 1. The van der Waals surface area contributed by atoms with E-state index in [4.69, 9.17) is 0 Å². The molecule has 0 radical (unpaired) electrons. The van der Waals surface area contributed by atoms with E-state index in [9.17, 15) is 9.59 Å². The minimum Gasteiger partial charge on any atom is -0.322 e. The van der Waals surface area contributed by atoms with Gasteiger partial charge in [-0.1, -0.05) is 24.3 Å². The van der Waals surface area contributed by atoms with Gasteiger partial charge < -0.3 is 10.2 Å². The molecule has 0 saturated heterocycles. The van der Waals surface area contributed by atoms with Gasteiger partial charge in [0.15, 0.2) is 0 Å². The van der Waals surface area contributed by atoms with Crippen LogP contribution in [0.4, 0.5) is 11.4 Å². The van der Waals surface area contributed by atoms with Gasteiger partial charge in [0.1, 0.15) is 12.2 Å². The summed E-state index contributed by atoms with van der Waals surface area (Å²) in [7, 11) is 0. The number of carbonyl (C=O) groups excluding carboxylic acids is 2. The topological polar surface area (TPSA) is 80.1 Å². The number of rotatable bonds is 3. The number of benzene rings is 3. The molecular weight excluding hydrogens is 414 g/mol. The van der Waals surface area contributed by atoms with Crippen LogP contribution in [-0.4, -0.2) is 33.1 Å². The van der Waals surface area contributed by atoms with E-state index in [1.54, 1.807) is 35.5 Å².